The summed E-state index contributed by atoms with van der Waals surface area (Å²) in [6.07, 6.45) is 6.30. The SMILES string of the molecule is CCOC(=O)c1cc2c(c(C#N)c1N)CCCCCC2. The van der Waals surface area contributed by atoms with Gasteiger partial charge in [0.15, 0.2) is 0 Å². The van der Waals surface area contributed by atoms with E-state index >= 15 is 0 Å². The van der Waals surface area contributed by atoms with Crippen molar-refractivity contribution in [3.05, 3.63) is 28.3 Å². The molecular formula is C16H20N2O2. The van der Waals surface area contributed by atoms with Crippen molar-refractivity contribution >= 4 is 11.7 Å². The molecule has 4 nitrogen and oxygen atoms in total. The first-order valence-corrected chi connectivity index (χ1v) is 7.20. The number of fused-ring (bicyclic) bond motifs is 1. The number of benzene rings is 1. The lowest BCUT2D eigenvalue weighted by atomic mass is 9.87. The summed E-state index contributed by atoms with van der Waals surface area (Å²) in [5.41, 5.74) is 9.19. The van der Waals surface area contributed by atoms with Crippen LogP contribution in [0.25, 0.3) is 0 Å². The van der Waals surface area contributed by atoms with Crippen molar-refractivity contribution in [1.82, 2.24) is 0 Å². The number of rotatable bonds is 2. The first-order chi connectivity index (χ1) is 9.69. The van der Waals surface area contributed by atoms with E-state index in [1.54, 1.807) is 6.92 Å². The molecule has 106 valence electrons. The molecular weight excluding hydrogens is 252 g/mol. The van der Waals surface area contributed by atoms with E-state index in [9.17, 15) is 10.1 Å². The molecule has 20 heavy (non-hydrogen) atoms. The summed E-state index contributed by atoms with van der Waals surface area (Å²) in [4.78, 5) is 12.0. The Balaban J connectivity index is 2.53. The molecule has 1 aromatic rings. The van der Waals surface area contributed by atoms with E-state index in [1.165, 1.54) is 12.8 Å². The Morgan fingerprint density at radius 3 is 2.70 bits per heavy atom. The highest BCUT2D eigenvalue weighted by Crippen LogP contribution is 2.30. The molecule has 1 aliphatic rings. The fraction of sp³-hybridized carbons (Fsp3) is 0.500. The zero-order chi connectivity index (χ0) is 14.5. The number of nitrogens with zero attached hydrogens (tertiary/aromatic N) is 1. The number of hydrogen-bond donors (Lipinski definition) is 1. The lowest BCUT2D eigenvalue weighted by molar-refractivity contribution is 0.0527. The number of aryl methyl sites for hydroxylation is 1. The van der Waals surface area contributed by atoms with Gasteiger partial charge in [0.05, 0.1) is 23.4 Å². The van der Waals surface area contributed by atoms with E-state index in [0.717, 1.165) is 36.8 Å². The Hall–Kier alpha value is -2.02. The van der Waals surface area contributed by atoms with Gasteiger partial charge in [-0.3, -0.25) is 0 Å². The molecule has 0 bridgehead atoms. The maximum absolute atomic E-state index is 12.0. The molecule has 2 N–H and O–H groups in total. The molecule has 0 unspecified atom stereocenters. The third kappa shape index (κ3) is 2.77. The predicted molar refractivity (Wildman–Crippen MR) is 77.4 cm³/mol. The number of hydrogen-bond acceptors (Lipinski definition) is 4. The third-order valence-electron chi connectivity index (χ3n) is 3.80. The molecule has 0 heterocycles. The molecule has 0 atom stereocenters. The van der Waals surface area contributed by atoms with Gasteiger partial charge in [-0.2, -0.15) is 5.26 Å². The van der Waals surface area contributed by atoms with Crippen molar-refractivity contribution in [2.45, 2.75) is 45.4 Å². The number of carbonyl (C=O) groups is 1. The van der Waals surface area contributed by atoms with Crippen LogP contribution in [0.5, 0.6) is 0 Å². The highest BCUT2D eigenvalue weighted by molar-refractivity contribution is 5.97. The molecule has 0 aliphatic heterocycles. The quantitative estimate of drug-likeness (QED) is 0.663. The summed E-state index contributed by atoms with van der Waals surface area (Å²) in [5.74, 6) is -0.439. The van der Waals surface area contributed by atoms with E-state index < -0.39 is 5.97 Å². The second-order valence-corrected chi connectivity index (χ2v) is 5.10. The van der Waals surface area contributed by atoms with Crippen LogP contribution in [0.4, 0.5) is 5.69 Å². The van der Waals surface area contributed by atoms with Crippen LogP contribution >= 0.6 is 0 Å². The molecule has 0 spiro atoms. The minimum absolute atomic E-state index is 0.269. The molecule has 0 aromatic heterocycles. The monoisotopic (exact) mass is 272 g/mol. The average Bonchev–Trinajstić information content (AvgIpc) is 2.40. The van der Waals surface area contributed by atoms with Gasteiger partial charge in [-0.1, -0.05) is 12.8 Å². The van der Waals surface area contributed by atoms with Crippen molar-refractivity contribution in [3.63, 3.8) is 0 Å². The van der Waals surface area contributed by atoms with Gasteiger partial charge in [0.1, 0.15) is 6.07 Å². The van der Waals surface area contributed by atoms with Crippen LogP contribution in [0.3, 0.4) is 0 Å². The Morgan fingerprint density at radius 2 is 2.05 bits per heavy atom. The lowest BCUT2D eigenvalue weighted by Crippen LogP contribution is -2.13. The number of esters is 1. The second kappa shape index (κ2) is 6.42. The highest BCUT2D eigenvalue weighted by Gasteiger charge is 2.21. The number of ether oxygens (including phenoxy) is 1. The first-order valence-electron chi connectivity index (χ1n) is 7.20. The van der Waals surface area contributed by atoms with Gasteiger partial charge in [0.2, 0.25) is 0 Å². The maximum Gasteiger partial charge on any atom is 0.340 e. The van der Waals surface area contributed by atoms with Crippen LogP contribution < -0.4 is 5.73 Å². The Labute approximate surface area is 119 Å². The zero-order valence-corrected chi connectivity index (χ0v) is 11.9. The molecule has 1 aliphatic carbocycles. The van der Waals surface area contributed by atoms with Crippen molar-refractivity contribution in [2.75, 3.05) is 12.3 Å². The molecule has 1 aromatic carbocycles. The fourth-order valence-corrected chi connectivity index (χ4v) is 2.78. The maximum atomic E-state index is 12.0. The normalized spacial score (nSPS) is 14.6. The lowest BCUT2D eigenvalue weighted by Gasteiger charge is -2.18. The fourth-order valence-electron chi connectivity index (χ4n) is 2.78. The molecule has 0 fully saturated rings. The number of nitriles is 1. The Bertz CT molecular complexity index is 559. The summed E-state index contributed by atoms with van der Waals surface area (Å²) in [6.45, 7) is 2.06. The summed E-state index contributed by atoms with van der Waals surface area (Å²) < 4.78 is 5.03. The van der Waals surface area contributed by atoms with E-state index in [1.807, 2.05) is 6.07 Å². The molecule has 0 radical (unpaired) electrons. The number of anilines is 1. The van der Waals surface area contributed by atoms with Gasteiger partial charge < -0.3 is 10.5 Å². The standard InChI is InChI=1S/C16H20N2O2/c1-2-20-16(19)13-9-11-7-5-3-4-6-8-12(11)14(10-17)15(13)18/h9H,2-8,18H2,1H3. The van der Waals surface area contributed by atoms with E-state index in [2.05, 4.69) is 6.07 Å². The van der Waals surface area contributed by atoms with Crippen LogP contribution in [0, 0.1) is 11.3 Å². The van der Waals surface area contributed by atoms with Crippen LogP contribution in [-0.4, -0.2) is 12.6 Å². The molecule has 2 rings (SSSR count). The summed E-state index contributed by atoms with van der Waals surface area (Å²) in [5, 5.41) is 9.39. The summed E-state index contributed by atoms with van der Waals surface area (Å²) >= 11 is 0. The van der Waals surface area contributed by atoms with Gasteiger partial charge >= 0.3 is 5.97 Å². The van der Waals surface area contributed by atoms with Crippen LogP contribution in [0.2, 0.25) is 0 Å². The Morgan fingerprint density at radius 1 is 1.35 bits per heavy atom. The smallest absolute Gasteiger partial charge is 0.340 e. The van der Waals surface area contributed by atoms with Crippen molar-refractivity contribution in [2.24, 2.45) is 0 Å². The van der Waals surface area contributed by atoms with Gasteiger partial charge in [-0.15, -0.1) is 0 Å². The van der Waals surface area contributed by atoms with Crippen molar-refractivity contribution < 1.29 is 9.53 Å². The van der Waals surface area contributed by atoms with Crippen LogP contribution in [0.15, 0.2) is 6.07 Å². The Kier molecular flexibility index (Phi) is 4.62. The van der Waals surface area contributed by atoms with Gasteiger partial charge in [0.25, 0.3) is 0 Å². The summed E-state index contributed by atoms with van der Waals surface area (Å²) in [7, 11) is 0. The second-order valence-electron chi connectivity index (χ2n) is 5.10. The molecule has 0 saturated carbocycles. The minimum atomic E-state index is -0.439. The average molecular weight is 272 g/mol. The summed E-state index contributed by atoms with van der Waals surface area (Å²) in [6, 6.07) is 4.00. The molecule has 0 saturated heterocycles. The van der Waals surface area contributed by atoms with Crippen LogP contribution in [-0.2, 0) is 17.6 Å². The molecule has 0 amide bonds. The predicted octanol–water partition coefficient (Wildman–Crippen LogP) is 2.98. The van der Waals surface area contributed by atoms with E-state index in [-0.39, 0.29) is 5.69 Å². The number of nitrogen functional groups attached to an aromatic ring is 1. The number of nitrogens with two attached hydrogens (primary N) is 1. The third-order valence-corrected chi connectivity index (χ3v) is 3.80. The largest absolute Gasteiger partial charge is 0.462 e. The zero-order valence-electron chi connectivity index (χ0n) is 11.9. The minimum Gasteiger partial charge on any atom is -0.462 e. The van der Waals surface area contributed by atoms with E-state index in [0.29, 0.717) is 17.7 Å². The van der Waals surface area contributed by atoms with E-state index in [4.69, 9.17) is 10.5 Å². The van der Waals surface area contributed by atoms with Crippen molar-refractivity contribution in [1.29, 1.82) is 5.26 Å². The van der Waals surface area contributed by atoms with Crippen molar-refractivity contribution in [3.8, 4) is 6.07 Å². The topological polar surface area (TPSA) is 76.1 Å². The van der Waals surface area contributed by atoms with Gasteiger partial charge in [-0.05, 0) is 49.8 Å². The van der Waals surface area contributed by atoms with Gasteiger partial charge in [0, 0.05) is 0 Å². The van der Waals surface area contributed by atoms with Gasteiger partial charge in [-0.25, -0.2) is 4.79 Å². The molecule has 4 heteroatoms. The van der Waals surface area contributed by atoms with Crippen LogP contribution in [0.1, 0.15) is 59.7 Å². The first kappa shape index (κ1) is 14.4. The number of carbonyl (C=O) groups excluding carboxylic acids is 1. The highest BCUT2D eigenvalue weighted by atomic mass is 16.5.